The number of halogens is 1. The molecule has 100 valence electrons. The van der Waals surface area contributed by atoms with Gasteiger partial charge in [0, 0.05) is 38.8 Å². The predicted octanol–water partition coefficient (Wildman–Crippen LogP) is 5.01. The van der Waals surface area contributed by atoms with Gasteiger partial charge < -0.3 is 4.57 Å². The third-order valence-corrected chi connectivity index (χ3v) is 5.38. The second-order valence-electron chi connectivity index (χ2n) is 5.22. The topological polar surface area (TPSA) is 4.93 Å². The van der Waals surface area contributed by atoms with Crippen LogP contribution in [0.15, 0.2) is 59.6 Å². The number of thioether (sulfide) groups is 1. The smallest absolute Gasteiger partial charge is 0.0481 e. The number of hydrogen-bond donors (Lipinski definition) is 0. The monoisotopic (exact) mass is 299 g/mol. The van der Waals surface area contributed by atoms with Gasteiger partial charge in [-0.15, -0.1) is 11.8 Å². The van der Waals surface area contributed by atoms with Gasteiger partial charge in [0.2, 0.25) is 0 Å². The molecule has 1 aliphatic heterocycles. The van der Waals surface area contributed by atoms with Crippen LogP contribution in [0.1, 0.15) is 5.56 Å². The van der Waals surface area contributed by atoms with Crippen LogP contribution < -0.4 is 0 Å². The molecule has 0 bridgehead atoms. The highest BCUT2D eigenvalue weighted by molar-refractivity contribution is 8.00. The minimum absolute atomic E-state index is 0.624. The number of hydrogen-bond acceptors (Lipinski definition) is 1. The highest BCUT2D eigenvalue weighted by Crippen LogP contribution is 2.38. The number of benzene rings is 2. The maximum absolute atomic E-state index is 6.05. The molecule has 0 amide bonds. The van der Waals surface area contributed by atoms with E-state index in [1.165, 1.54) is 21.4 Å². The molecule has 1 aliphatic rings. The van der Waals surface area contributed by atoms with Crippen molar-refractivity contribution in [2.24, 2.45) is 0 Å². The third-order valence-electron chi connectivity index (χ3n) is 3.85. The molecular formula is C17H14ClNS. The summed E-state index contributed by atoms with van der Waals surface area (Å²) < 4.78 is 2.34. The van der Waals surface area contributed by atoms with Crippen LogP contribution in [0.4, 0.5) is 0 Å². The molecule has 0 aliphatic carbocycles. The normalized spacial score (nSPS) is 17.6. The summed E-state index contributed by atoms with van der Waals surface area (Å²) in [7, 11) is 0. The van der Waals surface area contributed by atoms with Crippen molar-refractivity contribution in [3.63, 3.8) is 0 Å². The molecule has 20 heavy (non-hydrogen) atoms. The van der Waals surface area contributed by atoms with Gasteiger partial charge >= 0.3 is 0 Å². The lowest BCUT2D eigenvalue weighted by molar-refractivity contribution is 0.685. The highest BCUT2D eigenvalue weighted by atomic mass is 35.5. The highest BCUT2D eigenvalue weighted by Gasteiger charge is 2.22. The van der Waals surface area contributed by atoms with Gasteiger partial charge in [0.25, 0.3) is 0 Å². The van der Waals surface area contributed by atoms with E-state index >= 15 is 0 Å². The Hall–Kier alpha value is -1.38. The maximum atomic E-state index is 6.05. The van der Waals surface area contributed by atoms with E-state index in [2.05, 4.69) is 47.2 Å². The lowest BCUT2D eigenvalue weighted by Gasteiger charge is -2.11. The van der Waals surface area contributed by atoms with Crippen molar-refractivity contribution >= 4 is 34.3 Å². The lowest BCUT2D eigenvalue weighted by Crippen LogP contribution is -2.11. The van der Waals surface area contributed by atoms with Crippen molar-refractivity contribution in [3.05, 3.63) is 65.3 Å². The Kier molecular flexibility index (Phi) is 3.01. The third kappa shape index (κ3) is 2.13. The first-order chi connectivity index (χ1) is 9.79. The largest absolute Gasteiger partial charge is 0.346 e. The molecule has 4 rings (SSSR count). The van der Waals surface area contributed by atoms with Crippen molar-refractivity contribution in [3.8, 4) is 0 Å². The van der Waals surface area contributed by atoms with Crippen LogP contribution in [0.3, 0.4) is 0 Å². The lowest BCUT2D eigenvalue weighted by atomic mass is 10.1. The van der Waals surface area contributed by atoms with Crippen molar-refractivity contribution < 1.29 is 0 Å². The fourth-order valence-corrected chi connectivity index (χ4v) is 4.40. The Morgan fingerprint density at radius 1 is 1.15 bits per heavy atom. The van der Waals surface area contributed by atoms with E-state index in [9.17, 15) is 0 Å². The summed E-state index contributed by atoms with van der Waals surface area (Å²) in [6.07, 6.45) is 3.33. The molecule has 0 spiro atoms. The summed E-state index contributed by atoms with van der Waals surface area (Å²) in [6.45, 7) is 1.05. The van der Waals surface area contributed by atoms with Crippen LogP contribution in [0.5, 0.6) is 0 Å². The molecule has 2 heterocycles. The minimum atomic E-state index is 0.624. The molecular weight excluding hydrogens is 286 g/mol. The fraction of sp³-hybridized carbons (Fsp3) is 0.176. The van der Waals surface area contributed by atoms with E-state index in [-0.39, 0.29) is 0 Å². The van der Waals surface area contributed by atoms with Gasteiger partial charge in [0.05, 0.1) is 0 Å². The minimum Gasteiger partial charge on any atom is -0.346 e. The zero-order valence-corrected chi connectivity index (χ0v) is 12.5. The Morgan fingerprint density at radius 3 is 2.95 bits per heavy atom. The molecule has 1 aromatic heterocycles. The molecule has 1 unspecified atom stereocenters. The molecule has 1 nitrogen and oxygen atoms in total. The fourth-order valence-electron chi connectivity index (χ4n) is 2.91. The van der Waals surface area contributed by atoms with Gasteiger partial charge in [-0.25, -0.2) is 0 Å². The number of nitrogens with zero attached hydrogens (tertiary/aromatic N) is 1. The number of rotatable bonds is 2. The Balaban J connectivity index is 1.60. The Labute approximate surface area is 127 Å². The first-order valence-corrected chi connectivity index (χ1v) is 8.04. The van der Waals surface area contributed by atoms with Crippen LogP contribution in [0.25, 0.3) is 10.9 Å². The van der Waals surface area contributed by atoms with Gasteiger partial charge in [-0.1, -0.05) is 29.8 Å². The molecule has 2 aromatic carbocycles. The molecule has 0 radical (unpaired) electrons. The molecule has 1 atom stereocenters. The number of fused-ring (bicyclic) bond motifs is 2. The zero-order chi connectivity index (χ0) is 13.5. The second kappa shape index (κ2) is 4.87. The van der Waals surface area contributed by atoms with Crippen LogP contribution in [-0.4, -0.2) is 9.82 Å². The van der Waals surface area contributed by atoms with E-state index in [1.807, 2.05) is 23.9 Å². The summed E-state index contributed by atoms with van der Waals surface area (Å²) in [6, 6.07) is 17.0. The average molecular weight is 300 g/mol. The predicted molar refractivity (Wildman–Crippen MR) is 86.7 cm³/mol. The standard InChI is InChI=1S/C17H14ClNS/c18-14-5-6-16-12(9-14)7-8-19(16)11-15-10-13-3-1-2-4-17(13)20-15/h1-9,15H,10-11H2. The van der Waals surface area contributed by atoms with Gasteiger partial charge in [-0.05, 0) is 42.3 Å². The Bertz CT molecular complexity index is 753. The SMILES string of the molecule is Clc1ccc2c(ccn2CC2Cc3ccccc3S2)c1. The molecule has 0 fully saturated rings. The first kappa shape index (κ1) is 12.4. The van der Waals surface area contributed by atoms with E-state index in [4.69, 9.17) is 11.6 Å². The molecule has 0 N–H and O–H groups in total. The van der Waals surface area contributed by atoms with Gasteiger partial charge in [0.1, 0.15) is 0 Å². The second-order valence-corrected chi connectivity index (χ2v) is 7.00. The summed E-state index contributed by atoms with van der Waals surface area (Å²) in [5.74, 6) is 0. The van der Waals surface area contributed by atoms with E-state index < -0.39 is 0 Å². The van der Waals surface area contributed by atoms with Crippen molar-refractivity contribution in [1.29, 1.82) is 0 Å². The van der Waals surface area contributed by atoms with Crippen LogP contribution in [0.2, 0.25) is 5.02 Å². The maximum Gasteiger partial charge on any atom is 0.0481 e. The average Bonchev–Trinajstić information content (AvgIpc) is 3.02. The summed E-state index contributed by atoms with van der Waals surface area (Å²) in [4.78, 5) is 1.44. The molecule has 0 saturated carbocycles. The van der Waals surface area contributed by atoms with E-state index in [0.29, 0.717) is 5.25 Å². The summed E-state index contributed by atoms with van der Waals surface area (Å²) in [5, 5.41) is 2.65. The van der Waals surface area contributed by atoms with Crippen LogP contribution in [-0.2, 0) is 13.0 Å². The summed E-state index contributed by atoms with van der Waals surface area (Å²) in [5.41, 5.74) is 2.76. The van der Waals surface area contributed by atoms with Crippen LogP contribution in [0, 0.1) is 0 Å². The first-order valence-electron chi connectivity index (χ1n) is 6.78. The van der Waals surface area contributed by atoms with Crippen molar-refractivity contribution in [2.75, 3.05) is 0 Å². The zero-order valence-electron chi connectivity index (χ0n) is 10.9. The van der Waals surface area contributed by atoms with Crippen molar-refractivity contribution in [1.82, 2.24) is 4.57 Å². The van der Waals surface area contributed by atoms with Crippen molar-refractivity contribution in [2.45, 2.75) is 23.1 Å². The molecule has 3 heteroatoms. The van der Waals surface area contributed by atoms with Gasteiger partial charge in [0.15, 0.2) is 0 Å². The Morgan fingerprint density at radius 2 is 2.05 bits per heavy atom. The van der Waals surface area contributed by atoms with E-state index in [1.54, 1.807) is 0 Å². The van der Waals surface area contributed by atoms with E-state index in [0.717, 1.165) is 18.0 Å². The molecule has 3 aromatic rings. The van der Waals surface area contributed by atoms with Gasteiger partial charge in [-0.3, -0.25) is 0 Å². The van der Waals surface area contributed by atoms with Crippen LogP contribution >= 0.6 is 23.4 Å². The number of aromatic nitrogens is 1. The summed E-state index contributed by atoms with van der Waals surface area (Å²) >= 11 is 8.04. The van der Waals surface area contributed by atoms with Gasteiger partial charge in [-0.2, -0.15) is 0 Å². The quantitative estimate of drug-likeness (QED) is 0.644. The molecule has 0 saturated heterocycles.